The Morgan fingerprint density at radius 3 is 2.48 bits per heavy atom. The minimum atomic E-state index is -0.246. The maximum atomic E-state index is 6.01. The minimum Gasteiger partial charge on any atom is -0.493 e. The number of nitrogens with two attached hydrogens (primary N) is 2. The summed E-state index contributed by atoms with van der Waals surface area (Å²) < 4.78 is 12.1. The number of ether oxygens (including phenoxy) is 2. The Balaban J connectivity index is 2.24. The Kier molecular flexibility index (Phi) is 5.61. The first kappa shape index (κ1) is 15.8. The first-order chi connectivity index (χ1) is 10.2. The van der Waals surface area contributed by atoms with Crippen LogP contribution in [0.3, 0.4) is 0 Å². The van der Waals surface area contributed by atoms with Gasteiger partial charge in [-0.25, -0.2) is 0 Å². The van der Waals surface area contributed by atoms with Crippen molar-refractivity contribution in [3.05, 3.63) is 58.1 Å². The lowest BCUT2D eigenvalue weighted by Gasteiger charge is -2.17. The van der Waals surface area contributed by atoms with E-state index in [-0.39, 0.29) is 6.04 Å². The molecule has 0 bridgehead atoms. The third-order valence-corrected chi connectivity index (χ3v) is 3.86. The topological polar surface area (TPSA) is 70.5 Å². The van der Waals surface area contributed by atoms with Crippen molar-refractivity contribution >= 4 is 15.9 Å². The van der Waals surface area contributed by atoms with Gasteiger partial charge >= 0.3 is 0 Å². The molecule has 5 heteroatoms. The summed E-state index contributed by atoms with van der Waals surface area (Å²) >= 11 is 3.49. The maximum Gasteiger partial charge on any atom is 0.162 e. The molecule has 0 saturated carbocycles. The molecule has 2 rings (SSSR count). The molecule has 0 amide bonds. The minimum absolute atomic E-state index is 0.246. The van der Waals surface area contributed by atoms with E-state index in [9.17, 15) is 0 Å². The lowest BCUT2D eigenvalue weighted by Crippen LogP contribution is -2.21. The van der Waals surface area contributed by atoms with Gasteiger partial charge in [0.05, 0.1) is 7.11 Å². The van der Waals surface area contributed by atoms with Gasteiger partial charge in [0.15, 0.2) is 11.5 Å². The summed E-state index contributed by atoms with van der Waals surface area (Å²) in [6, 6.07) is 13.4. The summed E-state index contributed by atoms with van der Waals surface area (Å²) in [7, 11) is 1.61. The molecular formula is C16H19BrN2O2. The number of benzene rings is 2. The van der Waals surface area contributed by atoms with Gasteiger partial charge in [-0.2, -0.15) is 0 Å². The van der Waals surface area contributed by atoms with E-state index in [0.717, 1.165) is 15.6 Å². The van der Waals surface area contributed by atoms with Gasteiger partial charge in [-0.15, -0.1) is 0 Å². The molecule has 112 valence electrons. The Morgan fingerprint density at radius 2 is 1.86 bits per heavy atom. The number of hydrogen-bond acceptors (Lipinski definition) is 4. The molecule has 0 heterocycles. The first-order valence-electron chi connectivity index (χ1n) is 6.65. The van der Waals surface area contributed by atoms with Gasteiger partial charge in [-0.3, -0.25) is 0 Å². The van der Waals surface area contributed by atoms with Gasteiger partial charge < -0.3 is 20.9 Å². The molecule has 2 aromatic rings. The molecule has 21 heavy (non-hydrogen) atoms. The van der Waals surface area contributed by atoms with E-state index < -0.39 is 0 Å². The highest BCUT2D eigenvalue weighted by molar-refractivity contribution is 9.10. The van der Waals surface area contributed by atoms with E-state index in [1.54, 1.807) is 7.11 Å². The highest BCUT2D eigenvalue weighted by Crippen LogP contribution is 2.35. The Hall–Kier alpha value is -1.56. The van der Waals surface area contributed by atoms with E-state index in [0.29, 0.717) is 24.7 Å². The first-order valence-corrected chi connectivity index (χ1v) is 7.44. The molecular weight excluding hydrogens is 332 g/mol. The molecule has 1 unspecified atom stereocenters. The van der Waals surface area contributed by atoms with Gasteiger partial charge in [-0.05, 0) is 23.3 Å². The molecule has 0 radical (unpaired) electrons. The molecule has 1 atom stereocenters. The van der Waals surface area contributed by atoms with E-state index in [2.05, 4.69) is 15.9 Å². The summed E-state index contributed by atoms with van der Waals surface area (Å²) in [5, 5.41) is 0. The van der Waals surface area contributed by atoms with Crippen molar-refractivity contribution in [3.8, 4) is 11.5 Å². The van der Waals surface area contributed by atoms with Gasteiger partial charge in [0.2, 0.25) is 0 Å². The van der Waals surface area contributed by atoms with Gasteiger partial charge in [-0.1, -0.05) is 46.3 Å². The van der Waals surface area contributed by atoms with Crippen LogP contribution in [-0.4, -0.2) is 13.7 Å². The quantitative estimate of drug-likeness (QED) is 0.839. The third-order valence-electron chi connectivity index (χ3n) is 3.17. The van der Waals surface area contributed by atoms with Crippen molar-refractivity contribution < 1.29 is 9.47 Å². The highest BCUT2D eigenvalue weighted by Gasteiger charge is 2.14. The SMILES string of the molecule is COc1cc(Br)c(C(N)CN)cc1OCc1ccccc1. The fraction of sp³-hybridized carbons (Fsp3) is 0.250. The second-order valence-electron chi connectivity index (χ2n) is 4.64. The standard InChI is InChI=1S/C16H19BrN2O2/c1-20-15-8-13(17)12(14(19)9-18)7-16(15)21-10-11-5-3-2-4-6-11/h2-8,14H,9-10,18-19H2,1H3. The van der Waals surface area contributed by atoms with Crippen molar-refractivity contribution in [1.29, 1.82) is 0 Å². The summed E-state index contributed by atoms with van der Waals surface area (Å²) in [5.74, 6) is 1.31. The largest absolute Gasteiger partial charge is 0.493 e. The Bertz CT molecular complexity index is 590. The molecule has 0 spiro atoms. The maximum absolute atomic E-state index is 6.01. The van der Waals surface area contributed by atoms with Crippen LogP contribution < -0.4 is 20.9 Å². The van der Waals surface area contributed by atoms with Crippen LogP contribution in [0.4, 0.5) is 0 Å². The fourth-order valence-corrected chi connectivity index (χ4v) is 2.59. The van der Waals surface area contributed by atoms with Crippen LogP contribution in [0.2, 0.25) is 0 Å². The lowest BCUT2D eigenvalue weighted by atomic mass is 10.1. The summed E-state index contributed by atoms with van der Waals surface area (Å²) in [4.78, 5) is 0. The highest BCUT2D eigenvalue weighted by atomic mass is 79.9. The van der Waals surface area contributed by atoms with Crippen molar-refractivity contribution in [1.82, 2.24) is 0 Å². The number of methoxy groups -OCH3 is 1. The van der Waals surface area contributed by atoms with Crippen LogP contribution >= 0.6 is 15.9 Å². The van der Waals surface area contributed by atoms with Crippen molar-refractivity contribution in [3.63, 3.8) is 0 Å². The molecule has 4 N–H and O–H groups in total. The zero-order chi connectivity index (χ0) is 15.2. The molecule has 0 fully saturated rings. The molecule has 0 aliphatic rings. The van der Waals surface area contributed by atoms with Gasteiger partial charge in [0.25, 0.3) is 0 Å². The second-order valence-corrected chi connectivity index (χ2v) is 5.50. The van der Waals surface area contributed by atoms with E-state index in [1.807, 2.05) is 42.5 Å². The summed E-state index contributed by atoms with van der Waals surface area (Å²) in [6.07, 6.45) is 0. The lowest BCUT2D eigenvalue weighted by molar-refractivity contribution is 0.284. The van der Waals surface area contributed by atoms with E-state index in [4.69, 9.17) is 20.9 Å². The average molecular weight is 351 g/mol. The van der Waals surface area contributed by atoms with Crippen LogP contribution in [0, 0.1) is 0 Å². The summed E-state index contributed by atoms with van der Waals surface area (Å²) in [6.45, 7) is 0.833. The zero-order valence-corrected chi connectivity index (χ0v) is 13.5. The van der Waals surface area contributed by atoms with Crippen LogP contribution in [0.15, 0.2) is 46.9 Å². The molecule has 0 aromatic heterocycles. The van der Waals surface area contributed by atoms with Gasteiger partial charge in [0, 0.05) is 17.1 Å². The Labute approximate surface area is 133 Å². The fourth-order valence-electron chi connectivity index (χ4n) is 1.97. The van der Waals surface area contributed by atoms with Crippen LogP contribution in [-0.2, 0) is 6.61 Å². The van der Waals surface area contributed by atoms with Crippen LogP contribution in [0.5, 0.6) is 11.5 Å². The van der Waals surface area contributed by atoms with Crippen LogP contribution in [0.1, 0.15) is 17.2 Å². The van der Waals surface area contributed by atoms with Crippen molar-refractivity contribution in [2.24, 2.45) is 11.5 Å². The monoisotopic (exact) mass is 350 g/mol. The number of rotatable bonds is 6. The van der Waals surface area contributed by atoms with Crippen molar-refractivity contribution in [2.75, 3.05) is 13.7 Å². The predicted octanol–water partition coefficient (Wildman–Crippen LogP) is 3.00. The molecule has 0 aliphatic heterocycles. The number of halogens is 1. The summed E-state index contributed by atoms with van der Waals surface area (Å²) in [5.41, 5.74) is 13.6. The Morgan fingerprint density at radius 1 is 1.14 bits per heavy atom. The van der Waals surface area contributed by atoms with Gasteiger partial charge in [0.1, 0.15) is 6.61 Å². The normalized spacial score (nSPS) is 12.0. The second kappa shape index (κ2) is 7.45. The van der Waals surface area contributed by atoms with Crippen molar-refractivity contribution in [2.45, 2.75) is 12.6 Å². The molecule has 0 aliphatic carbocycles. The molecule has 0 saturated heterocycles. The number of hydrogen-bond donors (Lipinski definition) is 2. The zero-order valence-electron chi connectivity index (χ0n) is 11.9. The van der Waals surface area contributed by atoms with Crippen LogP contribution in [0.25, 0.3) is 0 Å². The van der Waals surface area contributed by atoms with E-state index >= 15 is 0 Å². The average Bonchev–Trinajstić information content (AvgIpc) is 2.53. The molecule has 2 aromatic carbocycles. The molecule has 4 nitrogen and oxygen atoms in total. The smallest absolute Gasteiger partial charge is 0.162 e. The van der Waals surface area contributed by atoms with E-state index in [1.165, 1.54) is 0 Å². The predicted molar refractivity (Wildman–Crippen MR) is 87.5 cm³/mol. The third kappa shape index (κ3) is 3.97.